The van der Waals surface area contributed by atoms with Crippen LogP contribution in [0.1, 0.15) is 72.6 Å². The SMILES string of the molecule is CCCCCCCCC1(C2=C(C)C(=O)NC2=O)CNCCN1C(=O)NC(C)C. The third-order valence-electron chi connectivity index (χ3n) is 5.68. The van der Waals surface area contributed by atoms with Crippen LogP contribution in [0.25, 0.3) is 0 Å². The van der Waals surface area contributed by atoms with Crippen molar-refractivity contribution >= 4 is 17.8 Å². The van der Waals surface area contributed by atoms with Gasteiger partial charge in [-0.25, -0.2) is 4.79 Å². The highest BCUT2D eigenvalue weighted by molar-refractivity contribution is 6.20. The number of unbranched alkanes of at least 4 members (excludes halogenated alkanes) is 5. The van der Waals surface area contributed by atoms with E-state index in [0.29, 0.717) is 37.2 Å². The summed E-state index contributed by atoms with van der Waals surface area (Å²) in [5.74, 6) is -0.711. The van der Waals surface area contributed by atoms with Crippen LogP contribution in [-0.2, 0) is 9.59 Å². The lowest BCUT2D eigenvalue weighted by molar-refractivity contribution is -0.124. The summed E-state index contributed by atoms with van der Waals surface area (Å²) in [6.07, 6.45) is 7.43. The fraction of sp³-hybridized carbons (Fsp3) is 0.762. The Bertz CT molecular complexity index is 629. The van der Waals surface area contributed by atoms with Gasteiger partial charge in [-0.05, 0) is 27.2 Å². The van der Waals surface area contributed by atoms with Crippen molar-refractivity contribution < 1.29 is 14.4 Å². The van der Waals surface area contributed by atoms with Gasteiger partial charge in [0.15, 0.2) is 0 Å². The van der Waals surface area contributed by atoms with E-state index < -0.39 is 5.54 Å². The number of carbonyl (C=O) groups excluding carboxylic acids is 3. The van der Waals surface area contributed by atoms with Crippen LogP contribution in [0.2, 0.25) is 0 Å². The Balaban J connectivity index is 2.30. The molecule has 0 radical (unpaired) electrons. The molecule has 7 heteroatoms. The highest BCUT2D eigenvalue weighted by Gasteiger charge is 2.50. The maximum absolute atomic E-state index is 13.0. The van der Waals surface area contributed by atoms with Crippen molar-refractivity contribution in [2.24, 2.45) is 0 Å². The van der Waals surface area contributed by atoms with Gasteiger partial charge in [-0.1, -0.05) is 45.4 Å². The summed E-state index contributed by atoms with van der Waals surface area (Å²) in [4.78, 5) is 39.6. The van der Waals surface area contributed by atoms with Gasteiger partial charge in [0.1, 0.15) is 0 Å². The monoisotopic (exact) mass is 392 g/mol. The molecular formula is C21H36N4O3. The second-order valence-corrected chi connectivity index (χ2v) is 8.27. The lowest BCUT2D eigenvalue weighted by Gasteiger charge is -2.48. The van der Waals surface area contributed by atoms with Crippen LogP contribution in [0, 0.1) is 0 Å². The predicted octanol–water partition coefficient (Wildman–Crippen LogP) is 2.47. The number of hydrogen-bond donors (Lipinski definition) is 3. The molecule has 0 spiro atoms. The molecule has 0 bridgehead atoms. The van der Waals surface area contributed by atoms with Crippen molar-refractivity contribution in [2.75, 3.05) is 19.6 Å². The number of urea groups is 1. The minimum atomic E-state index is -0.789. The van der Waals surface area contributed by atoms with Crippen LogP contribution in [0.15, 0.2) is 11.1 Å². The van der Waals surface area contributed by atoms with E-state index in [1.54, 1.807) is 11.8 Å². The van der Waals surface area contributed by atoms with Crippen molar-refractivity contribution in [3.8, 4) is 0 Å². The molecule has 1 saturated heterocycles. The normalized spacial score (nSPS) is 22.8. The van der Waals surface area contributed by atoms with Gasteiger partial charge in [-0.15, -0.1) is 0 Å². The number of imide groups is 1. The van der Waals surface area contributed by atoms with Gasteiger partial charge in [-0.3, -0.25) is 14.9 Å². The van der Waals surface area contributed by atoms with E-state index in [1.165, 1.54) is 19.3 Å². The number of amides is 4. The summed E-state index contributed by atoms with van der Waals surface area (Å²) >= 11 is 0. The Kier molecular flexibility index (Phi) is 8.04. The van der Waals surface area contributed by atoms with E-state index in [0.717, 1.165) is 19.3 Å². The third kappa shape index (κ3) is 4.93. The number of nitrogens with one attached hydrogen (secondary N) is 3. The zero-order valence-corrected chi connectivity index (χ0v) is 17.8. The van der Waals surface area contributed by atoms with Gasteiger partial charge in [0.05, 0.1) is 11.1 Å². The summed E-state index contributed by atoms with van der Waals surface area (Å²) in [7, 11) is 0. The van der Waals surface area contributed by atoms with Crippen molar-refractivity contribution in [2.45, 2.75) is 84.2 Å². The lowest BCUT2D eigenvalue weighted by atomic mass is 9.79. The smallest absolute Gasteiger partial charge is 0.318 e. The van der Waals surface area contributed by atoms with Gasteiger partial charge in [0.25, 0.3) is 11.8 Å². The fourth-order valence-corrected chi connectivity index (χ4v) is 4.29. The Hall–Kier alpha value is -1.89. The Morgan fingerprint density at radius 1 is 1.14 bits per heavy atom. The Labute approximate surface area is 168 Å². The van der Waals surface area contributed by atoms with Crippen LogP contribution in [0.5, 0.6) is 0 Å². The molecule has 2 aliphatic rings. The first kappa shape index (κ1) is 22.4. The fourth-order valence-electron chi connectivity index (χ4n) is 4.29. The van der Waals surface area contributed by atoms with E-state index >= 15 is 0 Å². The number of hydrogen-bond acceptors (Lipinski definition) is 4. The molecule has 3 N–H and O–H groups in total. The zero-order valence-electron chi connectivity index (χ0n) is 17.8. The highest BCUT2D eigenvalue weighted by atomic mass is 16.2. The van der Waals surface area contributed by atoms with Gasteiger partial charge in [0.2, 0.25) is 0 Å². The Morgan fingerprint density at radius 3 is 2.43 bits per heavy atom. The molecule has 2 heterocycles. The summed E-state index contributed by atoms with van der Waals surface area (Å²) in [6, 6.07) is -0.168. The maximum atomic E-state index is 13.0. The molecule has 28 heavy (non-hydrogen) atoms. The number of piperazine rings is 1. The molecule has 2 rings (SSSR count). The third-order valence-corrected chi connectivity index (χ3v) is 5.68. The van der Waals surface area contributed by atoms with E-state index in [2.05, 4.69) is 22.9 Å². The van der Waals surface area contributed by atoms with Crippen molar-refractivity contribution in [3.63, 3.8) is 0 Å². The Morgan fingerprint density at radius 2 is 1.82 bits per heavy atom. The summed E-state index contributed by atoms with van der Waals surface area (Å²) in [5, 5.41) is 8.75. The molecule has 1 atom stereocenters. The van der Waals surface area contributed by atoms with Crippen molar-refractivity contribution in [1.82, 2.24) is 20.9 Å². The minimum absolute atomic E-state index is 0.00300. The molecule has 1 fully saturated rings. The van der Waals surface area contributed by atoms with Crippen LogP contribution < -0.4 is 16.0 Å². The largest absolute Gasteiger partial charge is 0.336 e. The van der Waals surface area contributed by atoms with Gasteiger partial charge >= 0.3 is 6.03 Å². The predicted molar refractivity (Wildman–Crippen MR) is 110 cm³/mol. The highest BCUT2D eigenvalue weighted by Crippen LogP contribution is 2.36. The molecule has 0 aliphatic carbocycles. The standard InChI is InChI=1S/C21H36N4O3/c1-5-6-7-8-9-10-11-21(17-16(4)18(26)24-19(17)27)14-22-12-13-25(21)20(28)23-15(2)3/h15,22H,5-14H2,1-4H3,(H,23,28)(H,24,26,27). The number of rotatable bonds is 9. The lowest BCUT2D eigenvalue weighted by Crippen LogP contribution is -2.67. The molecule has 0 aromatic heterocycles. The first-order chi connectivity index (χ1) is 13.3. The van der Waals surface area contributed by atoms with Crippen molar-refractivity contribution in [3.05, 3.63) is 11.1 Å². The first-order valence-corrected chi connectivity index (χ1v) is 10.7. The molecule has 0 aromatic rings. The second kappa shape index (κ2) is 10.0. The zero-order chi connectivity index (χ0) is 20.7. The van der Waals surface area contributed by atoms with Crippen LogP contribution >= 0.6 is 0 Å². The summed E-state index contributed by atoms with van der Waals surface area (Å²) < 4.78 is 0. The summed E-state index contributed by atoms with van der Waals surface area (Å²) in [5.41, 5.74) is 0.0988. The van der Waals surface area contributed by atoms with E-state index in [1.807, 2.05) is 13.8 Å². The quantitative estimate of drug-likeness (QED) is 0.415. The van der Waals surface area contributed by atoms with Crippen LogP contribution in [0.3, 0.4) is 0 Å². The van der Waals surface area contributed by atoms with Crippen LogP contribution in [-0.4, -0.2) is 54.0 Å². The molecular weight excluding hydrogens is 356 g/mol. The molecule has 2 aliphatic heterocycles. The molecule has 7 nitrogen and oxygen atoms in total. The van der Waals surface area contributed by atoms with Gasteiger partial charge in [-0.2, -0.15) is 0 Å². The number of carbonyl (C=O) groups is 3. The molecule has 4 amide bonds. The van der Waals surface area contributed by atoms with Crippen molar-refractivity contribution in [1.29, 1.82) is 0 Å². The minimum Gasteiger partial charge on any atom is -0.336 e. The average Bonchev–Trinajstić information content (AvgIpc) is 2.90. The topological polar surface area (TPSA) is 90.5 Å². The van der Waals surface area contributed by atoms with Gasteiger partial charge in [0, 0.05) is 31.2 Å². The van der Waals surface area contributed by atoms with E-state index in [-0.39, 0.29) is 23.9 Å². The molecule has 0 saturated carbocycles. The summed E-state index contributed by atoms with van der Waals surface area (Å²) in [6.45, 7) is 9.39. The number of nitrogens with zero attached hydrogens (tertiary/aromatic N) is 1. The van der Waals surface area contributed by atoms with E-state index in [9.17, 15) is 14.4 Å². The van der Waals surface area contributed by atoms with E-state index in [4.69, 9.17) is 0 Å². The van der Waals surface area contributed by atoms with Gasteiger partial charge < -0.3 is 15.5 Å². The molecule has 1 unspecified atom stereocenters. The maximum Gasteiger partial charge on any atom is 0.318 e. The molecule has 0 aromatic carbocycles. The average molecular weight is 393 g/mol. The second-order valence-electron chi connectivity index (χ2n) is 8.27. The first-order valence-electron chi connectivity index (χ1n) is 10.7. The molecule has 158 valence electrons. The van der Waals surface area contributed by atoms with Crippen LogP contribution in [0.4, 0.5) is 4.79 Å².